The van der Waals surface area contributed by atoms with Gasteiger partial charge >= 0.3 is 0 Å². The van der Waals surface area contributed by atoms with E-state index in [1.807, 2.05) is 77.7 Å². The molecule has 0 N–H and O–H groups in total. The maximum Gasteiger partial charge on any atom is 0.254 e. The summed E-state index contributed by atoms with van der Waals surface area (Å²) in [5, 5.41) is 0. The van der Waals surface area contributed by atoms with Crippen molar-refractivity contribution in [2.75, 3.05) is 39.3 Å². The SMILES string of the molecule is O=C(c1cc(-c2ccccc2)nc(-c2ccccc2)c1)N1CCN(C2CCN(C(=O)C3CCCCC3)CC2)CC1. The highest BCUT2D eigenvalue weighted by Crippen LogP contribution is 2.29. The van der Waals surface area contributed by atoms with Crippen LogP contribution >= 0.6 is 0 Å². The summed E-state index contributed by atoms with van der Waals surface area (Å²) in [5.74, 6) is 0.734. The fourth-order valence-electron chi connectivity index (χ4n) is 6.70. The van der Waals surface area contributed by atoms with Crippen molar-refractivity contribution >= 4 is 11.8 Å². The summed E-state index contributed by atoms with van der Waals surface area (Å²) in [6.45, 7) is 4.97. The Morgan fingerprint density at radius 2 is 1.18 bits per heavy atom. The Bertz CT molecular complexity index is 1230. The molecule has 6 nitrogen and oxygen atoms in total. The van der Waals surface area contributed by atoms with Crippen LogP contribution in [0.2, 0.25) is 0 Å². The quantitative estimate of drug-likeness (QED) is 0.417. The van der Waals surface area contributed by atoms with Crippen molar-refractivity contribution in [1.29, 1.82) is 0 Å². The molecule has 1 aromatic heterocycles. The summed E-state index contributed by atoms with van der Waals surface area (Å²) < 4.78 is 0. The van der Waals surface area contributed by atoms with E-state index < -0.39 is 0 Å². The Morgan fingerprint density at radius 1 is 0.625 bits per heavy atom. The van der Waals surface area contributed by atoms with E-state index in [2.05, 4.69) is 9.80 Å². The Balaban J connectivity index is 1.09. The lowest BCUT2D eigenvalue weighted by atomic mass is 9.87. The number of rotatable bonds is 5. The third kappa shape index (κ3) is 5.97. The number of carbonyl (C=O) groups is 2. The zero-order valence-electron chi connectivity index (χ0n) is 23.4. The van der Waals surface area contributed by atoms with Crippen molar-refractivity contribution in [3.63, 3.8) is 0 Å². The zero-order valence-corrected chi connectivity index (χ0v) is 23.4. The highest BCUT2D eigenvalue weighted by atomic mass is 16.2. The molecule has 1 aliphatic carbocycles. The van der Waals surface area contributed by atoms with Gasteiger partial charge in [-0.05, 0) is 37.8 Å². The number of hydrogen-bond acceptors (Lipinski definition) is 4. The van der Waals surface area contributed by atoms with Crippen LogP contribution in [-0.4, -0.2) is 76.8 Å². The lowest BCUT2D eigenvalue weighted by molar-refractivity contribution is -0.138. The first-order chi connectivity index (χ1) is 19.7. The maximum absolute atomic E-state index is 13.8. The van der Waals surface area contributed by atoms with E-state index in [1.165, 1.54) is 19.3 Å². The average molecular weight is 537 g/mol. The first kappa shape index (κ1) is 26.7. The maximum atomic E-state index is 13.8. The van der Waals surface area contributed by atoms with Gasteiger partial charge in [0.2, 0.25) is 5.91 Å². The number of benzene rings is 2. The minimum absolute atomic E-state index is 0.0734. The summed E-state index contributed by atoms with van der Waals surface area (Å²) in [6, 6.07) is 24.5. The predicted octanol–water partition coefficient (Wildman–Crippen LogP) is 5.74. The van der Waals surface area contributed by atoms with Crippen molar-refractivity contribution < 1.29 is 9.59 Å². The number of likely N-dealkylation sites (tertiary alicyclic amines) is 1. The minimum atomic E-state index is 0.0734. The van der Waals surface area contributed by atoms with E-state index in [0.29, 0.717) is 17.5 Å². The summed E-state index contributed by atoms with van der Waals surface area (Å²) >= 11 is 0. The molecule has 0 unspecified atom stereocenters. The van der Waals surface area contributed by atoms with Crippen LogP contribution in [0.1, 0.15) is 55.3 Å². The molecular formula is C34H40N4O2. The third-order valence-electron chi connectivity index (χ3n) is 9.06. The van der Waals surface area contributed by atoms with E-state index in [0.717, 1.165) is 87.5 Å². The van der Waals surface area contributed by atoms with E-state index in [9.17, 15) is 9.59 Å². The van der Waals surface area contributed by atoms with Crippen LogP contribution in [0.5, 0.6) is 0 Å². The molecule has 0 atom stereocenters. The molecule has 40 heavy (non-hydrogen) atoms. The summed E-state index contributed by atoms with van der Waals surface area (Å²) in [7, 11) is 0. The molecule has 2 amide bonds. The normalized spacial score (nSPS) is 19.5. The van der Waals surface area contributed by atoms with E-state index in [-0.39, 0.29) is 11.8 Å². The van der Waals surface area contributed by atoms with Crippen LogP contribution in [0.15, 0.2) is 72.8 Å². The molecule has 3 heterocycles. The molecule has 3 aliphatic rings. The van der Waals surface area contributed by atoms with Crippen molar-refractivity contribution in [1.82, 2.24) is 19.7 Å². The van der Waals surface area contributed by atoms with Gasteiger partial charge in [0.05, 0.1) is 11.4 Å². The van der Waals surface area contributed by atoms with Gasteiger partial charge < -0.3 is 9.80 Å². The van der Waals surface area contributed by atoms with Gasteiger partial charge in [0.1, 0.15) is 0 Å². The molecular weight excluding hydrogens is 496 g/mol. The zero-order chi connectivity index (χ0) is 27.3. The average Bonchev–Trinajstić information content (AvgIpc) is 3.05. The fourth-order valence-corrected chi connectivity index (χ4v) is 6.70. The predicted molar refractivity (Wildman–Crippen MR) is 159 cm³/mol. The molecule has 2 saturated heterocycles. The van der Waals surface area contributed by atoms with Gasteiger partial charge in [-0.1, -0.05) is 79.9 Å². The van der Waals surface area contributed by atoms with Crippen LogP contribution in [0.25, 0.3) is 22.5 Å². The summed E-state index contributed by atoms with van der Waals surface area (Å²) in [6.07, 6.45) is 7.92. The number of piperazine rings is 1. The van der Waals surface area contributed by atoms with Gasteiger partial charge in [-0.15, -0.1) is 0 Å². The second kappa shape index (κ2) is 12.3. The van der Waals surface area contributed by atoms with Gasteiger partial charge in [-0.2, -0.15) is 0 Å². The van der Waals surface area contributed by atoms with Crippen molar-refractivity contribution in [2.45, 2.75) is 51.0 Å². The molecule has 1 saturated carbocycles. The monoisotopic (exact) mass is 536 g/mol. The van der Waals surface area contributed by atoms with Crippen LogP contribution in [0, 0.1) is 5.92 Å². The highest BCUT2D eigenvalue weighted by Gasteiger charge is 2.33. The number of amides is 2. The first-order valence-corrected chi connectivity index (χ1v) is 15.1. The number of hydrogen-bond donors (Lipinski definition) is 0. The van der Waals surface area contributed by atoms with Crippen LogP contribution in [-0.2, 0) is 4.79 Å². The summed E-state index contributed by atoms with van der Waals surface area (Å²) in [5.41, 5.74) is 4.34. The Kier molecular flexibility index (Phi) is 8.24. The van der Waals surface area contributed by atoms with Crippen LogP contribution in [0.3, 0.4) is 0 Å². The second-order valence-corrected chi connectivity index (χ2v) is 11.6. The standard InChI is InChI=1S/C34H40N4O2/c39-33(28-14-8-3-9-15-28)37-18-16-30(17-19-37)36-20-22-38(23-21-36)34(40)29-24-31(26-10-4-1-5-11-26)35-32(25-29)27-12-6-2-7-13-27/h1-2,4-7,10-13,24-25,28,30H,3,8-9,14-23H2. The molecule has 0 radical (unpaired) electrons. The molecule has 6 rings (SSSR count). The lowest BCUT2D eigenvalue weighted by Gasteiger charge is -2.43. The van der Waals surface area contributed by atoms with E-state index in [1.54, 1.807) is 0 Å². The molecule has 2 aliphatic heterocycles. The van der Waals surface area contributed by atoms with Gasteiger partial charge in [0.15, 0.2) is 0 Å². The van der Waals surface area contributed by atoms with E-state index >= 15 is 0 Å². The summed E-state index contributed by atoms with van der Waals surface area (Å²) in [4.78, 5) is 38.3. The molecule has 0 spiro atoms. The molecule has 208 valence electrons. The molecule has 2 aromatic carbocycles. The van der Waals surface area contributed by atoms with Crippen molar-refractivity contribution in [2.24, 2.45) is 5.92 Å². The van der Waals surface area contributed by atoms with Gasteiger partial charge in [-0.3, -0.25) is 14.5 Å². The largest absolute Gasteiger partial charge is 0.342 e. The number of pyridine rings is 1. The van der Waals surface area contributed by atoms with E-state index in [4.69, 9.17) is 4.98 Å². The van der Waals surface area contributed by atoms with Crippen molar-refractivity contribution in [3.8, 4) is 22.5 Å². The fraction of sp³-hybridized carbons (Fsp3) is 0.441. The number of piperidine rings is 1. The molecule has 3 fully saturated rings. The van der Waals surface area contributed by atoms with Crippen LogP contribution < -0.4 is 0 Å². The number of carbonyl (C=O) groups excluding carboxylic acids is 2. The Morgan fingerprint density at radius 3 is 1.73 bits per heavy atom. The van der Waals surface area contributed by atoms with Crippen LogP contribution in [0.4, 0.5) is 0 Å². The molecule has 0 bridgehead atoms. The number of nitrogens with zero attached hydrogens (tertiary/aromatic N) is 4. The van der Waals surface area contributed by atoms with Gasteiger partial charge in [0, 0.05) is 67.9 Å². The minimum Gasteiger partial charge on any atom is -0.342 e. The highest BCUT2D eigenvalue weighted by molar-refractivity contribution is 5.96. The Labute approximate surface area is 238 Å². The van der Waals surface area contributed by atoms with Gasteiger partial charge in [0.25, 0.3) is 5.91 Å². The molecule has 6 heteroatoms. The Hall–Kier alpha value is -3.51. The lowest BCUT2D eigenvalue weighted by Crippen LogP contribution is -2.55. The smallest absolute Gasteiger partial charge is 0.254 e. The molecule has 3 aromatic rings. The topological polar surface area (TPSA) is 56.8 Å². The second-order valence-electron chi connectivity index (χ2n) is 11.6. The third-order valence-corrected chi connectivity index (χ3v) is 9.06. The first-order valence-electron chi connectivity index (χ1n) is 15.1. The van der Waals surface area contributed by atoms with Crippen molar-refractivity contribution in [3.05, 3.63) is 78.4 Å². The number of aromatic nitrogens is 1. The van der Waals surface area contributed by atoms with Gasteiger partial charge in [-0.25, -0.2) is 4.98 Å².